The highest BCUT2D eigenvalue weighted by molar-refractivity contribution is 6.21. The molecule has 0 bridgehead atoms. The van der Waals surface area contributed by atoms with Gasteiger partial charge in [0.25, 0.3) is 0 Å². The minimum atomic E-state index is -0.167. The van der Waals surface area contributed by atoms with Gasteiger partial charge in [-0.25, -0.2) is 0 Å². The molecule has 41 heavy (non-hydrogen) atoms. The Morgan fingerprint density at radius 3 is 2.39 bits per heavy atom. The third kappa shape index (κ3) is 11.8. The van der Waals surface area contributed by atoms with Gasteiger partial charge in [-0.15, -0.1) is 11.6 Å². The lowest BCUT2D eigenvalue weighted by atomic mass is 9.81. The van der Waals surface area contributed by atoms with Gasteiger partial charge < -0.3 is 23.7 Å². The third-order valence-electron chi connectivity index (χ3n) is 8.62. The van der Waals surface area contributed by atoms with Gasteiger partial charge >= 0.3 is 5.97 Å². The number of alkyl halides is 1. The Kier molecular flexibility index (Phi) is 14.9. The van der Waals surface area contributed by atoms with Crippen molar-refractivity contribution in [1.82, 2.24) is 0 Å². The first-order chi connectivity index (χ1) is 19.7. The van der Waals surface area contributed by atoms with E-state index in [1.165, 1.54) is 12.7 Å². The van der Waals surface area contributed by atoms with Crippen LogP contribution in [0.4, 0.5) is 0 Å². The van der Waals surface area contributed by atoms with E-state index >= 15 is 0 Å². The first-order valence-electron chi connectivity index (χ1n) is 15.9. The van der Waals surface area contributed by atoms with E-state index in [9.17, 15) is 4.79 Å². The third-order valence-corrected chi connectivity index (χ3v) is 9.12. The van der Waals surface area contributed by atoms with E-state index in [2.05, 4.69) is 58.1 Å². The van der Waals surface area contributed by atoms with Crippen LogP contribution < -0.4 is 0 Å². The van der Waals surface area contributed by atoms with Crippen molar-refractivity contribution < 1.29 is 28.5 Å². The average molecular weight is 595 g/mol. The van der Waals surface area contributed by atoms with Crippen LogP contribution in [-0.4, -0.2) is 56.5 Å². The Labute approximate surface area is 254 Å². The van der Waals surface area contributed by atoms with Crippen LogP contribution in [0.25, 0.3) is 0 Å². The molecule has 6 nitrogen and oxygen atoms in total. The quantitative estimate of drug-likeness (QED) is 0.0822. The number of rotatable bonds is 15. The molecular formula is C34H55ClO6. The van der Waals surface area contributed by atoms with Crippen molar-refractivity contribution in [2.45, 2.75) is 135 Å². The fraction of sp³-hybridized carbons (Fsp3) is 0.794. The van der Waals surface area contributed by atoms with E-state index in [-0.39, 0.29) is 53.4 Å². The van der Waals surface area contributed by atoms with Crippen LogP contribution in [0.3, 0.4) is 0 Å². The number of halogens is 1. The Bertz CT molecular complexity index is 851. The second-order valence-electron chi connectivity index (χ2n) is 12.9. The molecule has 3 fully saturated rings. The van der Waals surface area contributed by atoms with Crippen LogP contribution in [0.2, 0.25) is 0 Å². The van der Waals surface area contributed by atoms with Crippen LogP contribution >= 0.6 is 11.6 Å². The van der Waals surface area contributed by atoms with E-state index in [1.54, 1.807) is 0 Å². The number of ether oxygens (including phenoxy) is 5. The SMILES string of the molecule is COC(=O)CCCC=CC[C@@H]1[C@@H](C=C[C@@H](OC2CCCCO2)C(C)(C)CC=C(C)C)[C@H](OC2CCCCO2)C[C@H]1Cl. The summed E-state index contributed by atoms with van der Waals surface area (Å²) in [7, 11) is 1.43. The van der Waals surface area contributed by atoms with Crippen molar-refractivity contribution in [1.29, 1.82) is 0 Å². The highest BCUT2D eigenvalue weighted by Crippen LogP contribution is 2.43. The molecule has 0 amide bonds. The molecule has 0 radical (unpaired) electrons. The van der Waals surface area contributed by atoms with Crippen molar-refractivity contribution in [3.05, 3.63) is 36.0 Å². The van der Waals surface area contributed by atoms with Crippen molar-refractivity contribution in [2.75, 3.05) is 20.3 Å². The number of methoxy groups -OCH3 is 1. The molecule has 2 aliphatic heterocycles. The smallest absolute Gasteiger partial charge is 0.305 e. The standard InChI is InChI=1S/C34H55ClO6/c1-25(2)20-21-34(3,4)30(41-33-17-11-13-23-39-33)19-18-27-26(14-8-6-7-9-15-31(36)37-5)28(35)24-29(27)40-32-16-10-12-22-38-32/h6,8,18-20,26-30,32-33H,7,9-17,21-24H2,1-5H3/t26-,27-,28-,29-,30-,32?,33?/m1/s1. The second-order valence-corrected chi connectivity index (χ2v) is 13.4. The van der Waals surface area contributed by atoms with E-state index < -0.39 is 0 Å². The summed E-state index contributed by atoms with van der Waals surface area (Å²) in [5.41, 5.74) is 1.21. The van der Waals surface area contributed by atoms with Gasteiger partial charge in [-0.1, -0.05) is 49.8 Å². The van der Waals surface area contributed by atoms with Gasteiger partial charge in [0.1, 0.15) is 0 Å². The summed E-state index contributed by atoms with van der Waals surface area (Å²) >= 11 is 7.02. The summed E-state index contributed by atoms with van der Waals surface area (Å²) in [6.07, 6.45) is 21.9. The van der Waals surface area contributed by atoms with Gasteiger partial charge in [0, 0.05) is 30.9 Å². The molecule has 2 saturated heterocycles. The van der Waals surface area contributed by atoms with Gasteiger partial charge in [0.15, 0.2) is 12.6 Å². The van der Waals surface area contributed by atoms with E-state index in [1.807, 2.05) is 0 Å². The lowest BCUT2D eigenvalue weighted by molar-refractivity contribution is -0.197. The Morgan fingerprint density at radius 1 is 1.05 bits per heavy atom. The monoisotopic (exact) mass is 594 g/mol. The predicted molar refractivity (Wildman–Crippen MR) is 165 cm³/mol. The number of hydrogen-bond acceptors (Lipinski definition) is 6. The molecule has 2 heterocycles. The lowest BCUT2D eigenvalue weighted by Gasteiger charge is -2.36. The highest BCUT2D eigenvalue weighted by Gasteiger charge is 2.43. The van der Waals surface area contributed by atoms with Crippen LogP contribution in [-0.2, 0) is 28.5 Å². The maximum Gasteiger partial charge on any atom is 0.305 e. The van der Waals surface area contributed by atoms with Gasteiger partial charge in [0.2, 0.25) is 0 Å². The molecule has 1 aliphatic carbocycles. The predicted octanol–water partition coefficient (Wildman–Crippen LogP) is 8.28. The molecule has 7 atom stereocenters. The maximum atomic E-state index is 11.4. The van der Waals surface area contributed by atoms with Crippen LogP contribution in [0, 0.1) is 17.3 Å². The topological polar surface area (TPSA) is 63.2 Å². The molecule has 3 aliphatic rings. The first kappa shape index (κ1) is 34.3. The minimum Gasteiger partial charge on any atom is -0.469 e. The minimum absolute atomic E-state index is 0.00190. The summed E-state index contributed by atoms with van der Waals surface area (Å²) in [5.74, 6) is 0.235. The lowest BCUT2D eigenvalue weighted by Crippen LogP contribution is -2.36. The van der Waals surface area contributed by atoms with Crippen LogP contribution in [0.1, 0.15) is 105 Å². The molecule has 2 unspecified atom stereocenters. The molecule has 0 N–H and O–H groups in total. The molecule has 0 aromatic carbocycles. The summed E-state index contributed by atoms with van der Waals surface area (Å²) in [5, 5.41) is 0.0118. The number of esters is 1. The number of unbranched alkanes of at least 4 members (excludes halogenated alkanes) is 1. The van der Waals surface area contributed by atoms with E-state index in [0.29, 0.717) is 6.42 Å². The largest absolute Gasteiger partial charge is 0.469 e. The van der Waals surface area contributed by atoms with Crippen LogP contribution in [0.5, 0.6) is 0 Å². The van der Waals surface area contributed by atoms with Crippen molar-refractivity contribution in [3.8, 4) is 0 Å². The number of hydrogen-bond donors (Lipinski definition) is 0. The molecule has 0 spiro atoms. The van der Waals surface area contributed by atoms with Crippen molar-refractivity contribution in [3.63, 3.8) is 0 Å². The zero-order valence-corrected chi connectivity index (χ0v) is 26.9. The molecule has 0 aromatic heterocycles. The van der Waals surface area contributed by atoms with Crippen molar-refractivity contribution in [2.24, 2.45) is 17.3 Å². The van der Waals surface area contributed by atoms with E-state index in [0.717, 1.165) is 83.8 Å². The Hall–Kier alpha value is -1.18. The zero-order valence-electron chi connectivity index (χ0n) is 26.2. The molecule has 1 saturated carbocycles. The fourth-order valence-electron chi connectivity index (χ4n) is 5.92. The fourth-order valence-corrected chi connectivity index (χ4v) is 6.37. The average Bonchev–Trinajstić information content (AvgIpc) is 3.25. The van der Waals surface area contributed by atoms with Crippen molar-refractivity contribution >= 4 is 17.6 Å². The van der Waals surface area contributed by atoms with Gasteiger partial charge in [-0.05, 0) is 95.8 Å². The molecule has 7 heteroatoms. The Balaban J connectivity index is 1.77. The van der Waals surface area contributed by atoms with Gasteiger partial charge in [-0.3, -0.25) is 4.79 Å². The van der Waals surface area contributed by atoms with E-state index in [4.69, 9.17) is 35.3 Å². The maximum absolute atomic E-state index is 11.4. The zero-order chi connectivity index (χ0) is 29.7. The second kappa shape index (κ2) is 17.8. The van der Waals surface area contributed by atoms with Gasteiger partial charge in [-0.2, -0.15) is 0 Å². The normalized spacial score (nSPS) is 30.1. The molecular weight excluding hydrogens is 540 g/mol. The van der Waals surface area contributed by atoms with Gasteiger partial charge in [0.05, 0.1) is 19.3 Å². The summed E-state index contributed by atoms with van der Waals surface area (Å²) in [4.78, 5) is 11.4. The molecule has 3 rings (SSSR count). The first-order valence-corrected chi connectivity index (χ1v) is 16.3. The number of carbonyl (C=O) groups is 1. The van der Waals surface area contributed by atoms with Crippen LogP contribution in [0.15, 0.2) is 36.0 Å². The number of carbonyl (C=O) groups excluding carboxylic acids is 1. The highest BCUT2D eigenvalue weighted by atomic mass is 35.5. The summed E-state index contributed by atoms with van der Waals surface area (Å²) in [6, 6.07) is 0. The summed E-state index contributed by atoms with van der Waals surface area (Å²) in [6.45, 7) is 10.4. The Morgan fingerprint density at radius 2 is 1.76 bits per heavy atom. The molecule has 0 aromatic rings. The molecule has 234 valence electrons. The number of allylic oxidation sites excluding steroid dienone is 4. The summed E-state index contributed by atoms with van der Waals surface area (Å²) < 4.78 is 30.0.